The quantitative estimate of drug-likeness (QED) is 0.719. The SMILES string of the molecule is CCN(CC(=O)NC(C)(C)C)C(=O)CCN1C(=O)[C@H]2CCCC[C@H]2C1=O. The van der Waals surface area contributed by atoms with Crippen LogP contribution in [-0.4, -0.2) is 58.6 Å². The zero-order valence-corrected chi connectivity index (χ0v) is 16.3. The van der Waals surface area contributed by atoms with Crippen molar-refractivity contribution in [3.8, 4) is 0 Å². The summed E-state index contributed by atoms with van der Waals surface area (Å²) in [7, 11) is 0. The van der Waals surface area contributed by atoms with E-state index < -0.39 is 0 Å². The van der Waals surface area contributed by atoms with Crippen molar-refractivity contribution in [3.63, 3.8) is 0 Å². The van der Waals surface area contributed by atoms with Gasteiger partial charge in [-0.15, -0.1) is 0 Å². The van der Waals surface area contributed by atoms with Gasteiger partial charge in [-0.2, -0.15) is 0 Å². The Labute approximate surface area is 155 Å². The summed E-state index contributed by atoms with van der Waals surface area (Å²) in [6.07, 6.45) is 3.58. The molecule has 0 unspecified atom stereocenters. The van der Waals surface area contributed by atoms with E-state index >= 15 is 0 Å². The fraction of sp³-hybridized carbons (Fsp3) is 0.789. The highest BCUT2D eigenvalue weighted by atomic mass is 16.2. The summed E-state index contributed by atoms with van der Waals surface area (Å²) in [5.74, 6) is -1.06. The molecule has 2 aliphatic rings. The van der Waals surface area contributed by atoms with Gasteiger partial charge in [0.1, 0.15) is 0 Å². The first kappa shape index (κ1) is 20.4. The van der Waals surface area contributed by atoms with Crippen LogP contribution < -0.4 is 5.32 Å². The normalized spacial score (nSPS) is 23.0. The number of hydrogen-bond donors (Lipinski definition) is 1. The number of nitrogens with zero attached hydrogens (tertiary/aromatic N) is 2. The molecule has 7 heteroatoms. The molecular weight excluding hydrogens is 334 g/mol. The smallest absolute Gasteiger partial charge is 0.240 e. The molecule has 26 heavy (non-hydrogen) atoms. The number of fused-ring (bicyclic) bond motifs is 1. The fourth-order valence-electron chi connectivity index (χ4n) is 3.82. The van der Waals surface area contributed by atoms with Gasteiger partial charge < -0.3 is 10.2 Å². The lowest BCUT2D eigenvalue weighted by Crippen LogP contribution is -2.47. The molecule has 2 fully saturated rings. The highest BCUT2D eigenvalue weighted by Gasteiger charge is 2.47. The number of carbonyl (C=O) groups excluding carboxylic acids is 4. The summed E-state index contributed by atoms with van der Waals surface area (Å²) in [5, 5.41) is 2.83. The van der Waals surface area contributed by atoms with Crippen molar-refractivity contribution in [1.82, 2.24) is 15.1 Å². The Balaban J connectivity index is 1.89. The number of rotatable bonds is 6. The van der Waals surface area contributed by atoms with Crippen LogP contribution in [0.3, 0.4) is 0 Å². The first-order valence-corrected chi connectivity index (χ1v) is 9.58. The topological polar surface area (TPSA) is 86.8 Å². The number of likely N-dealkylation sites (tertiary alicyclic amines) is 1. The van der Waals surface area contributed by atoms with Crippen molar-refractivity contribution < 1.29 is 19.2 Å². The third-order valence-corrected chi connectivity index (χ3v) is 5.07. The van der Waals surface area contributed by atoms with E-state index in [9.17, 15) is 19.2 Å². The molecule has 0 aromatic heterocycles. The minimum absolute atomic E-state index is 0.0141. The van der Waals surface area contributed by atoms with E-state index in [1.165, 1.54) is 9.80 Å². The highest BCUT2D eigenvalue weighted by molar-refractivity contribution is 6.05. The maximum Gasteiger partial charge on any atom is 0.240 e. The van der Waals surface area contributed by atoms with Gasteiger partial charge in [-0.25, -0.2) is 0 Å². The van der Waals surface area contributed by atoms with Crippen LogP contribution in [0.1, 0.15) is 59.8 Å². The van der Waals surface area contributed by atoms with E-state index in [2.05, 4.69) is 5.32 Å². The lowest BCUT2D eigenvalue weighted by atomic mass is 9.81. The van der Waals surface area contributed by atoms with Crippen LogP contribution in [0.25, 0.3) is 0 Å². The zero-order valence-electron chi connectivity index (χ0n) is 16.3. The van der Waals surface area contributed by atoms with Gasteiger partial charge >= 0.3 is 0 Å². The number of hydrogen-bond acceptors (Lipinski definition) is 4. The lowest BCUT2D eigenvalue weighted by Gasteiger charge is -2.25. The largest absolute Gasteiger partial charge is 0.350 e. The van der Waals surface area contributed by atoms with Crippen LogP contribution in [0.15, 0.2) is 0 Å². The van der Waals surface area contributed by atoms with E-state index in [-0.39, 0.29) is 60.5 Å². The van der Waals surface area contributed by atoms with Gasteiger partial charge in [0, 0.05) is 25.0 Å². The van der Waals surface area contributed by atoms with E-state index in [1.54, 1.807) is 0 Å². The Bertz CT molecular complexity index is 558. The number of nitrogens with one attached hydrogen (secondary N) is 1. The second kappa shape index (κ2) is 8.18. The third-order valence-electron chi connectivity index (χ3n) is 5.07. The van der Waals surface area contributed by atoms with Gasteiger partial charge in [-0.3, -0.25) is 24.1 Å². The average molecular weight is 365 g/mol. The number of likely N-dealkylation sites (N-methyl/N-ethyl adjacent to an activating group) is 1. The summed E-state index contributed by atoms with van der Waals surface area (Å²) < 4.78 is 0. The first-order valence-electron chi connectivity index (χ1n) is 9.58. The molecule has 2 rings (SSSR count). The Morgan fingerprint density at radius 2 is 1.65 bits per heavy atom. The number of amides is 4. The maximum absolute atomic E-state index is 12.5. The van der Waals surface area contributed by atoms with Crippen LogP contribution in [-0.2, 0) is 19.2 Å². The lowest BCUT2D eigenvalue weighted by molar-refractivity contribution is -0.142. The second-order valence-electron chi connectivity index (χ2n) is 8.28. The van der Waals surface area contributed by atoms with Crippen molar-refractivity contribution in [3.05, 3.63) is 0 Å². The Morgan fingerprint density at radius 1 is 1.12 bits per heavy atom. The molecule has 4 amide bonds. The molecule has 7 nitrogen and oxygen atoms in total. The predicted molar refractivity (Wildman–Crippen MR) is 96.9 cm³/mol. The third kappa shape index (κ3) is 4.83. The van der Waals surface area contributed by atoms with Crippen LogP contribution >= 0.6 is 0 Å². The number of imide groups is 1. The zero-order chi connectivity index (χ0) is 19.5. The molecule has 0 radical (unpaired) electrons. The molecule has 2 atom stereocenters. The second-order valence-corrected chi connectivity index (χ2v) is 8.28. The summed E-state index contributed by atoms with van der Waals surface area (Å²) in [5.41, 5.74) is -0.357. The molecule has 0 bridgehead atoms. The summed E-state index contributed by atoms with van der Waals surface area (Å²) >= 11 is 0. The summed E-state index contributed by atoms with van der Waals surface area (Å²) in [6, 6.07) is 0. The minimum atomic E-state index is -0.357. The molecular formula is C19H31N3O4. The predicted octanol–water partition coefficient (Wildman–Crippen LogP) is 1.31. The van der Waals surface area contributed by atoms with Crippen molar-refractivity contribution in [2.24, 2.45) is 11.8 Å². The molecule has 1 aliphatic heterocycles. The highest BCUT2D eigenvalue weighted by Crippen LogP contribution is 2.37. The summed E-state index contributed by atoms with van der Waals surface area (Å²) in [6.45, 7) is 7.96. The monoisotopic (exact) mass is 365 g/mol. The van der Waals surface area contributed by atoms with Crippen molar-refractivity contribution >= 4 is 23.6 Å². The van der Waals surface area contributed by atoms with E-state index in [0.29, 0.717) is 6.54 Å². The molecule has 1 saturated carbocycles. The van der Waals surface area contributed by atoms with Gasteiger partial charge in [-0.05, 0) is 40.5 Å². The molecule has 1 aliphatic carbocycles. The van der Waals surface area contributed by atoms with Crippen LogP contribution in [0.5, 0.6) is 0 Å². The van der Waals surface area contributed by atoms with Gasteiger partial charge in [0.05, 0.1) is 18.4 Å². The molecule has 0 spiro atoms. The molecule has 1 heterocycles. The van der Waals surface area contributed by atoms with Crippen molar-refractivity contribution in [2.75, 3.05) is 19.6 Å². The Kier molecular flexibility index (Phi) is 6.42. The number of carbonyl (C=O) groups is 4. The molecule has 0 aromatic carbocycles. The summed E-state index contributed by atoms with van der Waals surface area (Å²) in [4.78, 5) is 52.1. The molecule has 1 N–H and O–H groups in total. The van der Waals surface area contributed by atoms with Crippen LogP contribution in [0.2, 0.25) is 0 Å². The van der Waals surface area contributed by atoms with E-state index in [4.69, 9.17) is 0 Å². The standard InChI is InChI=1S/C19H31N3O4/c1-5-21(12-15(23)20-19(2,3)4)16(24)10-11-22-17(25)13-8-6-7-9-14(13)18(22)26/h13-14H,5-12H2,1-4H3,(H,20,23)/t13-,14+. The van der Waals surface area contributed by atoms with E-state index in [1.807, 2.05) is 27.7 Å². The first-order chi connectivity index (χ1) is 12.1. The van der Waals surface area contributed by atoms with Gasteiger partial charge in [0.15, 0.2) is 0 Å². The van der Waals surface area contributed by atoms with Gasteiger partial charge in [-0.1, -0.05) is 12.8 Å². The van der Waals surface area contributed by atoms with Crippen LogP contribution in [0, 0.1) is 11.8 Å². The molecule has 146 valence electrons. The van der Waals surface area contributed by atoms with Crippen molar-refractivity contribution in [1.29, 1.82) is 0 Å². The Morgan fingerprint density at radius 3 is 2.12 bits per heavy atom. The van der Waals surface area contributed by atoms with E-state index in [0.717, 1.165) is 25.7 Å². The minimum Gasteiger partial charge on any atom is -0.350 e. The van der Waals surface area contributed by atoms with Gasteiger partial charge in [0.25, 0.3) is 0 Å². The fourth-order valence-corrected chi connectivity index (χ4v) is 3.82. The van der Waals surface area contributed by atoms with Crippen LogP contribution in [0.4, 0.5) is 0 Å². The average Bonchev–Trinajstić information content (AvgIpc) is 2.80. The van der Waals surface area contributed by atoms with Gasteiger partial charge in [0.2, 0.25) is 23.6 Å². The molecule has 1 saturated heterocycles. The van der Waals surface area contributed by atoms with Crippen molar-refractivity contribution in [2.45, 2.75) is 65.3 Å². The molecule has 0 aromatic rings. The Hall–Kier alpha value is -1.92. The maximum atomic E-state index is 12.5.